The lowest BCUT2D eigenvalue weighted by molar-refractivity contribution is 0.415. The second-order valence-electron chi connectivity index (χ2n) is 5.68. The van der Waals surface area contributed by atoms with Crippen LogP contribution in [0.5, 0.6) is 5.75 Å². The number of hydrogen-bond acceptors (Lipinski definition) is 8. The quantitative estimate of drug-likeness (QED) is 0.328. The van der Waals surface area contributed by atoms with Crippen LogP contribution in [0.4, 0.5) is 11.5 Å². The normalized spacial score (nSPS) is 10.5. The summed E-state index contributed by atoms with van der Waals surface area (Å²) in [7, 11) is 3.55. The molecule has 7 nitrogen and oxygen atoms in total. The number of aryl methyl sites for hydroxylation is 1. The highest BCUT2D eigenvalue weighted by Crippen LogP contribution is 2.33. The molecule has 0 aliphatic carbocycles. The Morgan fingerprint density at radius 1 is 1.22 bits per heavy atom. The molecule has 146 valence electrons. The van der Waals surface area contributed by atoms with Crippen molar-refractivity contribution in [1.82, 2.24) is 5.16 Å². The van der Waals surface area contributed by atoms with Gasteiger partial charge in [0.1, 0.15) is 18.0 Å². The van der Waals surface area contributed by atoms with Crippen molar-refractivity contribution in [1.29, 1.82) is 0 Å². The van der Waals surface area contributed by atoms with E-state index in [-0.39, 0.29) is 13.5 Å². The standard InChI is InChI=1S/C18H22N4O3S.H2S/c1-4-12-5-8-17(23-3)15(10-12)22(2)26-25-21-18-14-9-13(11-19)6-7-16(14)24-20-18;/h5-10H,4,11,19H2,1-3H3,(H,20,21);1H2. The van der Waals surface area contributed by atoms with Gasteiger partial charge in [0.05, 0.1) is 18.2 Å². The molecule has 27 heavy (non-hydrogen) atoms. The highest BCUT2D eigenvalue weighted by Gasteiger charge is 2.13. The van der Waals surface area contributed by atoms with Gasteiger partial charge in [0.15, 0.2) is 5.58 Å². The van der Waals surface area contributed by atoms with Crippen molar-refractivity contribution >= 4 is 48.2 Å². The van der Waals surface area contributed by atoms with Crippen LogP contribution in [0.15, 0.2) is 40.9 Å². The zero-order chi connectivity index (χ0) is 18.5. The third-order valence-electron chi connectivity index (χ3n) is 4.05. The maximum atomic E-state index is 5.69. The molecule has 0 aliphatic rings. The number of nitrogens with one attached hydrogen (secondary N) is 1. The van der Waals surface area contributed by atoms with Gasteiger partial charge in [-0.05, 0) is 41.8 Å². The molecule has 3 rings (SSSR count). The van der Waals surface area contributed by atoms with Gasteiger partial charge >= 0.3 is 0 Å². The number of methoxy groups -OCH3 is 1. The Balaban J connectivity index is 0.00000261. The van der Waals surface area contributed by atoms with Crippen molar-refractivity contribution in [2.75, 3.05) is 23.9 Å². The van der Waals surface area contributed by atoms with E-state index in [2.05, 4.69) is 29.7 Å². The van der Waals surface area contributed by atoms with E-state index in [4.69, 9.17) is 19.3 Å². The molecule has 3 aromatic rings. The van der Waals surface area contributed by atoms with Crippen LogP contribution in [-0.4, -0.2) is 19.3 Å². The third kappa shape index (κ3) is 4.81. The van der Waals surface area contributed by atoms with Crippen molar-refractivity contribution in [3.05, 3.63) is 47.5 Å². The molecule has 0 spiro atoms. The molecule has 0 fully saturated rings. The predicted octanol–water partition coefficient (Wildman–Crippen LogP) is 4.01. The van der Waals surface area contributed by atoms with E-state index < -0.39 is 0 Å². The van der Waals surface area contributed by atoms with E-state index in [0.29, 0.717) is 17.9 Å². The first-order valence-electron chi connectivity index (χ1n) is 8.25. The highest BCUT2D eigenvalue weighted by atomic mass is 32.2. The first-order valence-corrected chi connectivity index (χ1v) is 8.94. The summed E-state index contributed by atoms with van der Waals surface area (Å²) in [4.78, 5) is 0. The molecule has 0 bridgehead atoms. The van der Waals surface area contributed by atoms with Crippen LogP contribution in [-0.2, 0) is 17.2 Å². The van der Waals surface area contributed by atoms with E-state index in [1.165, 1.54) is 5.56 Å². The van der Waals surface area contributed by atoms with Crippen molar-refractivity contribution in [3.63, 3.8) is 0 Å². The van der Waals surface area contributed by atoms with Crippen LogP contribution in [0, 0.1) is 0 Å². The van der Waals surface area contributed by atoms with Gasteiger partial charge in [0, 0.05) is 13.6 Å². The predicted molar refractivity (Wildman–Crippen MR) is 115 cm³/mol. The van der Waals surface area contributed by atoms with E-state index >= 15 is 0 Å². The van der Waals surface area contributed by atoms with Gasteiger partial charge in [-0.25, -0.2) is 5.48 Å². The number of rotatable bonds is 8. The summed E-state index contributed by atoms with van der Waals surface area (Å²) >= 11 is 1.13. The Morgan fingerprint density at radius 3 is 2.70 bits per heavy atom. The van der Waals surface area contributed by atoms with Crippen LogP contribution >= 0.6 is 25.7 Å². The Labute approximate surface area is 169 Å². The van der Waals surface area contributed by atoms with Gasteiger partial charge in [-0.3, -0.25) is 4.31 Å². The van der Waals surface area contributed by atoms with Crippen molar-refractivity contribution in [2.24, 2.45) is 5.73 Å². The number of benzene rings is 2. The summed E-state index contributed by atoms with van der Waals surface area (Å²) < 4.78 is 18.1. The molecule has 0 saturated heterocycles. The first-order chi connectivity index (χ1) is 12.7. The Hall–Kier alpha value is -2.07. The molecule has 0 atom stereocenters. The van der Waals surface area contributed by atoms with Crippen LogP contribution in [0.2, 0.25) is 0 Å². The molecule has 0 aliphatic heterocycles. The number of nitrogens with two attached hydrogens (primary N) is 1. The van der Waals surface area contributed by atoms with Gasteiger partial charge in [-0.15, -0.1) is 0 Å². The van der Waals surface area contributed by atoms with Gasteiger partial charge in [0.2, 0.25) is 5.82 Å². The summed E-state index contributed by atoms with van der Waals surface area (Å²) in [5.41, 5.74) is 12.3. The largest absolute Gasteiger partial charge is 0.495 e. The molecule has 0 radical (unpaired) electrons. The number of anilines is 2. The number of nitrogens with zero attached hydrogens (tertiary/aromatic N) is 2. The fourth-order valence-corrected chi connectivity index (χ4v) is 2.99. The molecule has 0 unspecified atom stereocenters. The molecule has 2 aromatic carbocycles. The van der Waals surface area contributed by atoms with E-state index in [1.54, 1.807) is 7.11 Å². The fraction of sp³-hybridized carbons (Fsp3) is 0.278. The SMILES string of the molecule is CCc1ccc(OC)c(N(C)SONc2noc3ccc(CN)cc23)c1.S. The molecule has 3 N–H and O–H groups in total. The minimum absolute atomic E-state index is 0. The van der Waals surface area contributed by atoms with E-state index in [9.17, 15) is 0 Å². The lowest BCUT2D eigenvalue weighted by atomic mass is 10.1. The molecular formula is C18H24N4O3S2. The van der Waals surface area contributed by atoms with Gasteiger partial charge < -0.3 is 15.0 Å². The fourth-order valence-electron chi connectivity index (χ4n) is 2.54. The van der Waals surface area contributed by atoms with Crippen molar-refractivity contribution in [2.45, 2.75) is 19.9 Å². The molecule has 9 heteroatoms. The Bertz CT molecular complexity index is 888. The summed E-state index contributed by atoms with van der Waals surface area (Å²) in [6, 6.07) is 11.8. The zero-order valence-electron chi connectivity index (χ0n) is 15.5. The summed E-state index contributed by atoms with van der Waals surface area (Å²) in [6.07, 6.45) is 0.947. The van der Waals surface area contributed by atoms with E-state index in [0.717, 1.165) is 41.0 Å². The van der Waals surface area contributed by atoms with Crippen LogP contribution < -0.4 is 20.3 Å². The average Bonchev–Trinajstić information content (AvgIpc) is 3.09. The van der Waals surface area contributed by atoms with Crippen LogP contribution in [0.3, 0.4) is 0 Å². The van der Waals surface area contributed by atoms with Gasteiger partial charge in [-0.1, -0.05) is 24.2 Å². The topological polar surface area (TPSA) is 85.8 Å². The van der Waals surface area contributed by atoms with Crippen LogP contribution in [0.1, 0.15) is 18.1 Å². The number of fused-ring (bicyclic) bond motifs is 1. The summed E-state index contributed by atoms with van der Waals surface area (Å²) in [6.45, 7) is 2.56. The third-order valence-corrected chi connectivity index (χ3v) is 4.63. The van der Waals surface area contributed by atoms with E-state index in [1.807, 2.05) is 35.6 Å². The smallest absolute Gasteiger partial charge is 0.202 e. The second kappa shape index (κ2) is 9.75. The van der Waals surface area contributed by atoms with Gasteiger partial charge in [-0.2, -0.15) is 17.8 Å². The zero-order valence-corrected chi connectivity index (χ0v) is 17.3. The van der Waals surface area contributed by atoms with Gasteiger partial charge in [0.25, 0.3) is 0 Å². The van der Waals surface area contributed by atoms with Crippen molar-refractivity contribution < 1.29 is 13.5 Å². The number of hydrogen-bond donors (Lipinski definition) is 2. The minimum atomic E-state index is 0. The number of ether oxygens (including phenoxy) is 1. The monoisotopic (exact) mass is 408 g/mol. The minimum Gasteiger partial charge on any atom is -0.495 e. The summed E-state index contributed by atoms with van der Waals surface area (Å²) in [5, 5.41) is 4.81. The number of aromatic nitrogens is 1. The maximum absolute atomic E-state index is 5.69. The lowest BCUT2D eigenvalue weighted by Gasteiger charge is -2.19. The second-order valence-corrected chi connectivity index (χ2v) is 6.55. The Kier molecular flexibility index (Phi) is 7.66. The molecule has 1 heterocycles. The molecule has 0 saturated carbocycles. The van der Waals surface area contributed by atoms with Crippen LogP contribution in [0.25, 0.3) is 11.0 Å². The first kappa shape index (κ1) is 21.2. The molecule has 0 amide bonds. The van der Waals surface area contributed by atoms with Crippen molar-refractivity contribution in [3.8, 4) is 5.75 Å². The molecular weight excluding hydrogens is 384 g/mol. The lowest BCUT2D eigenvalue weighted by Crippen LogP contribution is -2.11. The molecule has 1 aromatic heterocycles. The highest BCUT2D eigenvalue weighted by molar-refractivity contribution is 7.96. The summed E-state index contributed by atoms with van der Waals surface area (Å²) in [5.74, 6) is 1.28. The Morgan fingerprint density at radius 2 is 2.00 bits per heavy atom. The maximum Gasteiger partial charge on any atom is 0.202 e. The average molecular weight is 409 g/mol.